The first-order chi connectivity index (χ1) is 13.7. The van der Waals surface area contributed by atoms with Crippen LogP contribution in [0.25, 0.3) is 11.1 Å². The summed E-state index contributed by atoms with van der Waals surface area (Å²) < 4.78 is 10.7. The zero-order valence-electron chi connectivity index (χ0n) is 18.3. The summed E-state index contributed by atoms with van der Waals surface area (Å²) in [5.41, 5.74) is 10.0. The van der Waals surface area contributed by atoms with Gasteiger partial charge in [0.15, 0.2) is 5.06 Å². The Morgan fingerprint density at radius 3 is 2.59 bits per heavy atom. The average molecular weight is 420 g/mol. The first-order valence-corrected chi connectivity index (χ1v) is 10.6. The van der Waals surface area contributed by atoms with E-state index in [-0.39, 0.29) is 11.3 Å². The van der Waals surface area contributed by atoms with E-state index in [1.807, 2.05) is 36.1 Å². The number of benzene rings is 1. The van der Waals surface area contributed by atoms with Crippen LogP contribution in [-0.2, 0) is 14.9 Å². The van der Waals surface area contributed by atoms with Gasteiger partial charge in [-0.2, -0.15) is 0 Å². The molecule has 0 aliphatic heterocycles. The van der Waals surface area contributed by atoms with Crippen LogP contribution in [-0.4, -0.2) is 51.3 Å². The zero-order chi connectivity index (χ0) is 21.6. The highest BCUT2D eigenvalue weighted by atomic mass is 32.1. The van der Waals surface area contributed by atoms with Gasteiger partial charge in [-0.15, -0.1) is 0 Å². The lowest BCUT2D eigenvalue weighted by Gasteiger charge is -2.22. The maximum atomic E-state index is 12.5. The minimum Gasteiger partial charge on any atom is -0.487 e. The quantitative estimate of drug-likeness (QED) is 0.637. The zero-order valence-corrected chi connectivity index (χ0v) is 19.1. The summed E-state index contributed by atoms with van der Waals surface area (Å²) in [6, 6.07) is 7.81. The Bertz CT molecular complexity index is 827. The second-order valence-corrected chi connectivity index (χ2v) is 8.96. The number of amides is 1. The Balaban J connectivity index is 2.27. The standard InChI is InChI=1S/C22H33N3O3S/c1-7-25(11-12-27-5)14-17(26)24-16-10-8-9-15(13-16)18-19(22(2,3)4)21(28-6)29-20(18)23/h8-10,13H,7,11-12,14,23H2,1-6H3,(H,24,26). The maximum Gasteiger partial charge on any atom is 0.238 e. The van der Waals surface area contributed by atoms with Crippen molar-refractivity contribution < 1.29 is 14.3 Å². The normalized spacial score (nSPS) is 11.7. The van der Waals surface area contributed by atoms with Gasteiger partial charge in [-0.3, -0.25) is 9.69 Å². The fourth-order valence-electron chi connectivity index (χ4n) is 3.26. The molecule has 1 amide bonds. The molecule has 1 heterocycles. The van der Waals surface area contributed by atoms with Gasteiger partial charge in [0.05, 0.1) is 25.3 Å². The number of nitrogens with two attached hydrogens (primary N) is 1. The number of hydrogen-bond acceptors (Lipinski definition) is 6. The van der Waals surface area contributed by atoms with Gasteiger partial charge >= 0.3 is 0 Å². The number of likely N-dealkylation sites (N-methyl/N-ethyl adjacent to an activating group) is 1. The van der Waals surface area contributed by atoms with Crippen LogP contribution in [0.3, 0.4) is 0 Å². The highest BCUT2D eigenvalue weighted by molar-refractivity contribution is 7.18. The lowest BCUT2D eigenvalue weighted by molar-refractivity contribution is -0.117. The first kappa shape index (κ1) is 23.2. The van der Waals surface area contributed by atoms with Gasteiger partial charge in [0.1, 0.15) is 0 Å². The predicted octanol–water partition coefficient (Wildman–Crippen LogP) is 4.21. The smallest absolute Gasteiger partial charge is 0.238 e. The molecule has 1 aromatic carbocycles. The molecular weight excluding hydrogens is 386 g/mol. The number of rotatable bonds is 9. The fraction of sp³-hybridized carbons (Fsp3) is 0.500. The van der Waals surface area contributed by atoms with Crippen molar-refractivity contribution in [3.63, 3.8) is 0 Å². The molecule has 0 aliphatic carbocycles. The third kappa shape index (κ3) is 5.95. The maximum absolute atomic E-state index is 12.5. The van der Waals surface area contributed by atoms with Crippen LogP contribution in [0.1, 0.15) is 33.3 Å². The van der Waals surface area contributed by atoms with Crippen LogP contribution in [0.15, 0.2) is 24.3 Å². The van der Waals surface area contributed by atoms with Crippen LogP contribution < -0.4 is 15.8 Å². The summed E-state index contributed by atoms with van der Waals surface area (Å²) in [7, 11) is 3.33. The molecule has 0 fully saturated rings. The van der Waals surface area contributed by atoms with Crippen molar-refractivity contribution in [1.82, 2.24) is 4.90 Å². The summed E-state index contributed by atoms with van der Waals surface area (Å²) >= 11 is 1.45. The van der Waals surface area contributed by atoms with E-state index in [1.54, 1.807) is 14.2 Å². The number of carbonyl (C=O) groups is 1. The third-order valence-corrected chi connectivity index (χ3v) is 5.68. The van der Waals surface area contributed by atoms with Gasteiger partial charge in [0.25, 0.3) is 0 Å². The molecule has 3 N–H and O–H groups in total. The Hall–Kier alpha value is -2.09. The number of thiophene rings is 1. The fourth-order valence-corrected chi connectivity index (χ4v) is 4.38. The topological polar surface area (TPSA) is 76.8 Å². The van der Waals surface area contributed by atoms with Crippen LogP contribution in [0, 0.1) is 0 Å². The molecule has 2 rings (SSSR count). The molecule has 0 bridgehead atoms. The molecule has 0 radical (unpaired) electrons. The van der Waals surface area contributed by atoms with Crippen molar-refractivity contribution in [2.24, 2.45) is 0 Å². The van der Waals surface area contributed by atoms with E-state index in [4.69, 9.17) is 15.2 Å². The van der Waals surface area contributed by atoms with E-state index >= 15 is 0 Å². The minimum absolute atomic E-state index is 0.0491. The van der Waals surface area contributed by atoms with Crippen molar-refractivity contribution in [3.05, 3.63) is 29.8 Å². The summed E-state index contributed by atoms with van der Waals surface area (Å²) in [6.07, 6.45) is 0. The van der Waals surface area contributed by atoms with Crippen LogP contribution in [0.2, 0.25) is 0 Å². The van der Waals surface area contributed by atoms with Gasteiger partial charge in [-0.05, 0) is 29.7 Å². The van der Waals surface area contributed by atoms with Crippen molar-refractivity contribution >= 4 is 27.9 Å². The number of nitrogens with one attached hydrogen (secondary N) is 1. The van der Waals surface area contributed by atoms with E-state index in [9.17, 15) is 4.79 Å². The van der Waals surface area contributed by atoms with Gasteiger partial charge in [-0.25, -0.2) is 0 Å². The number of methoxy groups -OCH3 is 2. The lowest BCUT2D eigenvalue weighted by atomic mass is 9.83. The summed E-state index contributed by atoms with van der Waals surface area (Å²) in [6.45, 7) is 10.9. The van der Waals surface area contributed by atoms with Crippen LogP contribution in [0.5, 0.6) is 5.06 Å². The molecule has 29 heavy (non-hydrogen) atoms. The molecule has 1 aromatic heterocycles. The van der Waals surface area contributed by atoms with Gasteiger partial charge in [-0.1, -0.05) is 51.2 Å². The molecule has 2 aromatic rings. The number of ether oxygens (including phenoxy) is 2. The minimum atomic E-state index is -0.128. The summed E-state index contributed by atoms with van der Waals surface area (Å²) in [5, 5.41) is 4.55. The third-order valence-electron chi connectivity index (χ3n) is 4.70. The van der Waals surface area contributed by atoms with E-state index in [0.29, 0.717) is 18.2 Å². The second kappa shape index (κ2) is 10.1. The van der Waals surface area contributed by atoms with Gasteiger partial charge in [0.2, 0.25) is 5.91 Å². The SMILES string of the molecule is CCN(CCOC)CC(=O)Nc1cccc(-c2c(N)sc(OC)c2C(C)(C)C)c1. The first-order valence-electron chi connectivity index (χ1n) is 9.79. The number of nitrogens with zero attached hydrogens (tertiary/aromatic N) is 1. The highest BCUT2D eigenvalue weighted by Crippen LogP contribution is 2.49. The lowest BCUT2D eigenvalue weighted by Crippen LogP contribution is -2.35. The van der Waals surface area contributed by atoms with E-state index < -0.39 is 0 Å². The number of anilines is 2. The largest absolute Gasteiger partial charge is 0.487 e. The molecule has 0 unspecified atom stereocenters. The number of nitrogen functional groups attached to an aromatic ring is 1. The highest BCUT2D eigenvalue weighted by Gasteiger charge is 2.28. The number of carbonyl (C=O) groups excluding carboxylic acids is 1. The molecular formula is C22H33N3O3S. The molecule has 0 aliphatic rings. The van der Waals surface area contributed by atoms with E-state index in [2.05, 4.69) is 26.1 Å². The molecule has 0 saturated heterocycles. The summed E-state index contributed by atoms with van der Waals surface area (Å²) in [5.74, 6) is -0.0491. The monoisotopic (exact) mass is 419 g/mol. The van der Waals surface area contributed by atoms with E-state index in [1.165, 1.54) is 11.3 Å². The number of hydrogen-bond donors (Lipinski definition) is 2. The van der Waals surface area contributed by atoms with Crippen molar-refractivity contribution in [1.29, 1.82) is 0 Å². The van der Waals surface area contributed by atoms with Gasteiger partial charge in [0, 0.05) is 30.5 Å². The Morgan fingerprint density at radius 2 is 2.00 bits per heavy atom. The molecule has 7 heteroatoms. The molecule has 6 nitrogen and oxygen atoms in total. The van der Waals surface area contributed by atoms with Crippen molar-refractivity contribution in [2.75, 3.05) is 51.5 Å². The van der Waals surface area contributed by atoms with Crippen molar-refractivity contribution in [2.45, 2.75) is 33.1 Å². The van der Waals surface area contributed by atoms with Crippen molar-refractivity contribution in [3.8, 4) is 16.2 Å². The Labute approximate surface area is 178 Å². The molecule has 0 saturated carbocycles. The Kier molecular flexibility index (Phi) is 8.07. The predicted molar refractivity (Wildman–Crippen MR) is 122 cm³/mol. The molecule has 0 atom stereocenters. The molecule has 0 spiro atoms. The van der Waals surface area contributed by atoms with Gasteiger partial charge < -0.3 is 20.5 Å². The molecule has 160 valence electrons. The Morgan fingerprint density at radius 1 is 1.28 bits per heavy atom. The summed E-state index contributed by atoms with van der Waals surface area (Å²) in [4.78, 5) is 14.5. The van der Waals surface area contributed by atoms with Crippen LogP contribution in [0.4, 0.5) is 10.7 Å². The second-order valence-electron chi connectivity index (χ2n) is 7.95. The van der Waals surface area contributed by atoms with E-state index in [0.717, 1.165) is 40.5 Å². The van der Waals surface area contributed by atoms with Crippen LogP contribution >= 0.6 is 11.3 Å². The average Bonchev–Trinajstić information content (AvgIpc) is 3.02.